The van der Waals surface area contributed by atoms with E-state index in [1.807, 2.05) is 98.8 Å². The predicted molar refractivity (Wildman–Crippen MR) is 157 cm³/mol. The van der Waals surface area contributed by atoms with Crippen molar-refractivity contribution in [1.29, 1.82) is 0 Å². The van der Waals surface area contributed by atoms with Crippen LogP contribution in [0.15, 0.2) is 102 Å². The van der Waals surface area contributed by atoms with Gasteiger partial charge in [-0.15, -0.1) is 0 Å². The molecule has 0 bridgehead atoms. The quantitative estimate of drug-likeness (QED) is 0.0709. The standard InChI is InChI=1S/C33H34N2O6/c1-4-39-34-32(33(36)41-31-20-12-9-17-28(31)22-38-30-19-11-6-14-25(30)3)35-40-23-27-16-8-7-15-26(27)21-37-29-18-10-5-13-24(29)2/h5-20H,4,21-23H2,1-3H3,(H,34,35). The number of oxime groups is 1. The van der Waals surface area contributed by atoms with Crippen molar-refractivity contribution < 1.29 is 28.7 Å². The molecule has 0 fully saturated rings. The van der Waals surface area contributed by atoms with E-state index in [2.05, 4.69) is 10.6 Å². The average Bonchev–Trinajstić information content (AvgIpc) is 2.99. The van der Waals surface area contributed by atoms with Gasteiger partial charge in [0.1, 0.15) is 43.7 Å². The van der Waals surface area contributed by atoms with Gasteiger partial charge < -0.3 is 19.0 Å². The van der Waals surface area contributed by atoms with Crippen LogP contribution >= 0.6 is 0 Å². The van der Waals surface area contributed by atoms with Crippen LogP contribution in [0.1, 0.15) is 34.7 Å². The number of ether oxygens (including phenoxy) is 3. The zero-order valence-corrected chi connectivity index (χ0v) is 23.5. The Bertz CT molecular complexity index is 1470. The molecule has 212 valence electrons. The molecule has 8 nitrogen and oxygen atoms in total. The van der Waals surface area contributed by atoms with E-state index in [0.29, 0.717) is 17.9 Å². The van der Waals surface area contributed by atoms with E-state index < -0.39 is 5.97 Å². The van der Waals surface area contributed by atoms with Crippen LogP contribution in [0.2, 0.25) is 0 Å². The molecule has 0 heterocycles. The van der Waals surface area contributed by atoms with Gasteiger partial charge in [-0.05, 0) is 61.2 Å². The number of nitrogens with zero attached hydrogens (tertiary/aromatic N) is 1. The summed E-state index contributed by atoms with van der Waals surface area (Å²) in [4.78, 5) is 23.9. The number of carbonyl (C=O) groups is 1. The molecular formula is C33H34N2O6. The van der Waals surface area contributed by atoms with Gasteiger partial charge in [-0.25, -0.2) is 10.3 Å². The van der Waals surface area contributed by atoms with Crippen LogP contribution in [0.5, 0.6) is 17.2 Å². The largest absolute Gasteiger partial charge is 0.489 e. The molecule has 0 aliphatic carbocycles. The Balaban J connectivity index is 1.37. The lowest BCUT2D eigenvalue weighted by atomic mass is 10.1. The summed E-state index contributed by atoms with van der Waals surface area (Å²) in [5.41, 5.74) is 7.20. The maximum absolute atomic E-state index is 13.1. The summed E-state index contributed by atoms with van der Waals surface area (Å²) in [5, 5.41) is 3.86. The van der Waals surface area contributed by atoms with E-state index in [1.165, 1.54) is 0 Å². The van der Waals surface area contributed by atoms with Gasteiger partial charge in [0.15, 0.2) is 0 Å². The summed E-state index contributed by atoms with van der Waals surface area (Å²) >= 11 is 0. The summed E-state index contributed by atoms with van der Waals surface area (Å²) < 4.78 is 17.6. The summed E-state index contributed by atoms with van der Waals surface area (Å²) in [6, 6.07) is 30.5. The van der Waals surface area contributed by atoms with E-state index >= 15 is 0 Å². The van der Waals surface area contributed by atoms with E-state index in [9.17, 15) is 4.79 Å². The van der Waals surface area contributed by atoms with Crippen LogP contribution in [0.3, 0.4) is 0 Å². The van der Waals surface area contributed by atoms with Crippen molar-refractivity contribution in [2.75, 3.05) is 6.61 Å². The Kier molecular flexibility index (Phi) is 10.7. The molecule has 0 amide bonds. The maximum atomic E-state index is 13.1. The van der Waals surface area contributed by atoms with Gasteiger partial charge in [-0.3, -0.25) is 4.84 Å². The molecule has 1 N–H and O–H groups in total. The fourth-order valence-corrected chi connectivity index (χ4v) is 3.87. The fourth-order valence-electron chi connectivity index (χ4n) is 3.87. The Morgan fingerprint density at radius 1 is 0.659 bits per heavy atom. The number of hydroxylamine groups is 1. The first-order valence-electron chi connectivity index (χ1n) is 13.4. The van der Waals surface area contributed by atoms with Crippen molar-refractivity contribution >= 4 is 11.8 Å². The minimum absolute atomic E-state index is 0.145. The number of esters is 1. The zero-order valence-electron chi connectivity index (χ0n) is 23.5. The second-order valence-electron chi connectivity index (χ2n) is 9.12. The lowest BCUT2D eigenvalue weighted by Gasteiger charge is -2.15. The number of benzene rings is 4. The highest BCUT2D eigenvalue weighted by molar-refractivity contribution is 6.35. The molecule has 0 saturated carbocycles. The molecule has 8 heteroatoms. The Hall–Kier alpha value is -4.82. The van der Waals surface area contributed by atoms with Gasteiger partial charge >= 0.3 is 5.97 Å². The van der Waals surface area contributed by atoms with Crippen LogP contribution in [0.4, 0.5) is 0 Å². The first kappa shape index (κ1) is 29.2. The van der Waals surface area contributed by atoms with Crippen LogP contribution in [0, 0.1) is 13.8 Å². The highest BCUT2D eigenvalue weighted by atomic mass is 16.7. The third-order valence-electron chi connectivity index (χ3n) is 6.12. The number of para-hydroxylation sites is 3. The molecule has 0 saturated heterocycles. The summed E-state index contributed by atoms with van der Waals surface area (Å²) in [6.07, 6.45) is 0. The Morgan fingerprint density at radius 2 is 1.15 bits per heavy atom. The lowest BCUT2D eigenvalue weighted by Crippen LogP contribution is -2.35. The number of hydrogen-bond donors (Lipinski definition) is 1. The van der Waals surface area contributed by atoms with Crippen molar-refractivity contribution in [3.8, 4) is 17.2 Å². The molecule has 0 aliphatic rings. The van der Waals surface area contributed by atoms with Crippen molar-refractivity contribution in [2.24, 2.45) is 5.16 Å². The van der Waals surface area contributed by atoms with Crippen molar-refractivity contribution in [2.45, 2.75) is 40.6 Å². The SMILES string of the molecule is CCON=C(NOCc1ccccc1COc1ccccc1C)C(=O)Oc1ccccc1COc1ccccc1C. The number of rotatable bonds is 12. The van der Waals surface area contributed by atoms with Gasteiger partial charge in [0.25, 0.3) is 5.84 Å². The van der Waals surface area contributed by atoms with Crippen molar-refractivity contribution in [3.05, 3.63) is 125 Å². The molecule has 0 aliphatic heterocycles. The third-order valence-corrected chi connectivity index (χ3v) is 6.12. The molecule has 0 unspecified atom stereocenters. The highest BCUT2D eigenvalue weighted by Crippen LogP contribution is 2.23. The van der Waals surface area contributed by atoms with Gasteiger partial charge in [-0.2, -0.15) is 0 Å². The number of hydrogen-bond acceptors (Lipinski definition) is 7. The smallest absolute Gasteiger partial charge is 0.385 e. The normalized spacial score (nSPS) is 11.0. The van der Waals surface area contributed by atoms with Crippen LogP contribution in [-0.4, -0.2) is 18.4 Å². The number of nitrogens with one attached hydrogen (secondary N) is 1. The molecular weight excluding hydrogens is 520 g/mol. The first-order chi connectivity index (χ1) is 20.0. The number of amidine groups is 1. The fraction of sp³-hybridized carbons (Fsp3) is 0.212. The van der Waals surface area contributed by atoms with E-state index in [-0.39, 0.29) is 25.7 Å². The highest BCUT2D eigenvalue weighted by Gasteiger charge is 2.18. The summed E-state index contributed by atoms with van der Waals surface area (Å²) in [5.74, 6) is 0.926. The Morgan fingerprint density at radius 3 is 1.73 bits per heavy atom. The molecule has 0 radical (unpaired) electrons. The van der Waals surface area contributed by atoms with Crippen LogP contribution < -0.4 is 19.7 Å². The zero-order chi connectivity index (χ0) is 28.9. The summed E-state index contributed by atoms with van der Waals surface area (Å²) in [6.45, 7) is 6.73. The Labute approximate surface area is 240 Å². The maximum Gasteiger partial charge on any atom is 0.385 e. The second kappa shape index (κ2) is 15.1. The van der Waals surface area contributed by atoms with Crippen molar-refractivity contribution in [3.63, 3.8) is 0 Å². The summed E-state index contributed by atoms with van der Waals surface area (Å²) in [7, 11) is 0. The molecule has 0 spiro atoms. The van der Waals surface area contributed by atoms with E-state index in [4.69, 9.17) is 23.9 Å². The lowest BCUT2D eigenvalue weighted by molar-refractivity contribution is -0.128. The van der Waals surface area contributed by atoms with Gasteiger partial charge in [-0.1, -0.05) is 84.0 Å². The first-order valence-corrected chi connectivity index (χ1v) is 13.4. The minimum Gasteiger partial charge on any atom is -0.489 e. The third kappa shape index (κ3) is 8.58. The average molecular weight is 555 g/mol. The van der Waals surface area contributed by atoms with Gasteiger partial charge in [0, 0.05) is 5.56 Å². The molecule has 4 aromatic rings. The molecule has 4 rings (SSSR count). The van der Waals surface area contributed by atoms with Crippen LogP contribution in [0.25, 0.3) is 0 Å². The van der Waals surface area contributed by atoms with Crippen LogP contribution in [-0.2, 0) is 34.3 Å². The van der Waals surface area contributed by atoms with Gasteiger partial charge in [0.05, 0.1) is 0 Å². The van der Waals surface area contributed by atoms with E-state index in [0.717, 1.165) is 33.8 Å². The molecule has 41 heavy (non-hydrogen) atoms. The number of carbonyl (C=O) groups excluding carboxylic acids is 1. The topological polar surface area (TPSA) is 87.6 Å². The second-order valence-corrected chi connectivity index (χ2v) is 9.12. The molecule has 0 aromatic heterocycles. The van der Waals surface area contributed by atoms with Gasteiger partial charge in [0.2, 0.25) is 0 Å². The molecule has 0 atom stereocenters. The van der Waals surface area contributed by atoms with Crippen molar-refractivity contribution in [1.82, 2.24) is 5.48 Å². The molecule has 4 aromatic carbocycles. The number of aryl methyl sites for hydroxylation is 2. The monoisotopic (exact) mass is 554 g/mol. The van der Waals surface area contributed by atoms with E-state index in [1.54, 1.807) is 19.1 Å². The minimum atomic E-state index is -0.766. The predicted octanol–water partition coefficient (Wildman–Crippen LogP) is 6.44.